The number of nitrogens with zero attached hydrogens (tertiary/aromatic N) is 7. The molecule has 0 aliphatic heterocycles. The molecule has 2 aromatic heterocycles. The van der Waals surface area contributed by atoms with Crippen molar-refractivity contribution >= 4 is 26.8 Å². The van der Waals surface area contributed by atoms with E-state index in [1.54, 1.807) is 6.33 Å². The average molecular weight is 654 g/mol. The van der Waals surface area contributed by atoms with Gasteiger partial charge < -0.3 is 4.57 Å². The van der Waals surface area contributed by atoms with Gasteiger partial charge in [0.2, 0.25) is 5.52 Å². The maximum atomic E-state index is 9.23. The van der Waals surface area contributed by atoms with E-state index >= 15 is 0 Å². The molecular weight excluding hydrogens is 622 g/mol. The van der Waals surface area contributed by atoms with Crippen molar-refractivity contribution in [2.45, 2.75) is 32.6 Å². The molecule has 0 radical (unpaired) electrons. The van der Waals surface area contributed by atoms with Gasteiger partial charge in [0.1, 0.15) is 12.2 Å². The van der Waals surface area contributed by atoms with Crippen LogP contribution in [0.1, 0.15) is 39.2 Å². The van der Waals surface area contributed by atoms with Gasteiger partial charge in [-0.05, 0) is 66.1 Å². The SMILES string of the molecule is N#Cc1ccc(Cn2cnnc2CN(CCc2ccc(Br)cc2)Cc2cc3ccccc3[n+](Cc3ccc(C#N)cc3)c2)cc1. The third-order valence-corrected chi connectivity index (χ3v) is 8.41. The molecule has 0 N–H and O–H groups in total. The molecule has 0 fully saturated rings. The molecule has 4 aromatic carbocycles. The number of rotatable bonds is 11. The second-order valence-corrected chi connectivity index (χ2v) is 12.0. The van der Waals surface area contributed by atoms with Crippen molar-refractivity contribution in [2.24, 2.45) is 0 Å². The molecule has 8 heteroatoms. The second kappa shape index (κ2) is 14.1. The van der Waals surface area contributed by atoms with Crippen LogP contribution in [0.4, 0.5) is 0 Å². The van der Waals surface area contributed by atoms with Crippen LogP contribution in [0, 0.1) is 22.7 Å². The molecule has 0 saturated carbocycles. The largest absolute Gasteiger partial charge is 0.312 e. The van der Waals surface area contributed by atoms with E-state index in [9.17, 15) is 5.26 Å². The van der Waals surface area contributed by atoms with E-state index in [2.05, 4.69) is 113 Å². The molecule has 0 bridgehead atoms. The lowest BCUT2D eigenvalue weighted by molar-refractivity contribution is -0.662. The summed E-state index contributed by atoms with van der Waals surface area (Å²) in [6.07, 6.45) is 4.92. The topological polar surface area (TPSA) is 85.4 Å². The number of para-hydroxylation sites is 1. The first-order valence-electron chi connectivity index (χ1n) is 14.8. The van der Waals surface area contributed by atoms with Gasteiger partial charge in [-0.3, -0.25) is 4.90 Å². The second-order valence-electron chi connectivity index (χ2n) is 11.1. The van der Waals surface area contributed by atoms with Crippen LogP contribution in [0.15, 0.2) is 120 Å². The van der Waals surface area contributed by atoms with E-state index in [1.165, 1.54) is 16.5 Å². The van der Waals surface area contributed by atoms with Crippen LogP contribution in [-0.2, 0) is 32.6 Å². The predicted octanol–water partition coefficient (Wildman–Crippen LogP) is 6.57. The zero-order valence-electron chi connectivity index (χ0n) is 24.7. The Hall–Kier alpha value is -5.15. The minimum atomic E-state index is 0.634. The molecule has 0 atom stereocenters. The number of hydrogen-bond acceptors (Lipinski definition) is 5. The van der Waals surface area contributed by atoms with Crippen molar-refractivity contribution in [1.29, 1.82) is 10.5 Å². The van der Waals surface area contributed by atoms with Crippen molar-refractivity contribution in [1.82, 2.24) is 19.7 Å². The summed E-state index contributed by atoms with van der Waals surface area (Å²) in [5.74, 6) is 0.890. The van der Waals surface area contributed by atoms with Gasteiger partial charge in [0.15, 0.2) is 12.7 Å². The predicted molar refractivity (Wildman–Crippen MR) is 177 cm³/mol. The molecule has 7 nitrogen and oxygen atoms in total. The van der Waals surface area contributed by atoms with Crippen LogP contribution in [-0.4, -0.2) is 26.2 Å². The minimum absolute atomic E-state index is 0.634. The third-order valence-electron chi connectivity index (χ3n) is 7.88. The normalized spacial score (nSPS) is 11.0. The highest BCUT2D eigenvalue weighted by Gasteiger charge is 2.17. The highest BCUT2D eigenvalue weighted by atomic mass is 79.9. The summed E-state index contributed by atoms with van der Waals surface area (Å²) in [6.45, 7) is 3.55. The maximum absolute atomic E-state index is 9.23. The number of hydrogen-bond donors (Lipinski definition) is 0. The number of benzene rings is 4. The Bertz CT molecular complexity index is 1980. The molecule has 0 aliphatic rings. The summed E-state index contributed by atoms with van der Waals surface area (Å²) in [6, 6.07) is 39.1. The minimum Gasteiger partial charge on any atom is -0.312 e. The third kappa shape index (κ3) is 7.69. The lowest BCUT2D eigenvalue weighted by atomic mass is 10.1. The molecule has 220 valence electrons. The van der Waals surface area contributed by atoms with Gasteiger partial charge in [0.25, 0.3) is 0 Å². The summed E-state index contributed by atoms with van der Waals surface area (Å²) in [5, 5.41) is 28.4. The molecule has 0 spiro atoms. The Kier molecular flexibility index (Phi) is 9.36. The van der Waals surface area contributed by atoms with E-state index in [1.807, 2.05) is 48.5 Å². The highest BCUT2D eigenvalue weighted by molar-refractivity contribution is 9.10. The van der Waals surface area contributed by atoms with Gasteiger partial charge in [-0.15, -0.1) is 10.2 Å². The number of nitriles is 2. The molecule has 2 heterocycles. The maximum Gasteiger partial charge on any atom is 0.212 e. The van der Waals surface area contributed by atoms with Gasteiger partial charge in [0.05, 0.1) is 36.4 Å². The van der Waals surface area contributed by atoms with Crippen molar-refractivity contribution in [3.63, 3.8) is 0 Å². The quantitative estimate of drug-likeness (QED) is 0.148. The standard InChI is InChI=1S/C37H31BrN7/c38-35-15-13-28(14-16-35)17-18-43(26-37-42-41-27-45(37)24-32-11-7-30(21-40)8-12-32)22-33-19-34-3-1-2-4-36(34)44(25-33)23-31-9-5-29(20-39)6-10-31/h1-16,19,25,27H,17-18,22-24,26H2/q+1. The summed E-state index contributed by atoms with van der Waals surface area (Å²) >= 11 is 3.55. The Morgan fingerprint density at radius 2 is 1.42 bits per heavy atom. The van der Waals surface area contributed by atoms with Gasteiger partial charge in [0, 0.05) is 40.1 Å². The molecule has 45 heavy (non-hydrogen) atoms. The van der Waals surface area contributed by atoms with Crippen LogP contribution in [0.25, 0.3) is 10.9 Å². The molecule has 0 aliphatic carbocycles. The van der Waals surface area contributed by atoms with E-state index in [0.717, 1.165) is 46.5 Å². The molecule has 6 rings (SSSR count). The van der Waals surface area contributed by atoms with E-state index in [4.69, 9.17) is 5.26 Å². The highest BCUT2D eigenvalue weighted by Crippen LogP contribution is 2.18. The summed E-state index contributed by atoms with van der Waals surface area (Å²) in [5.41, 5.74) is 7.19. The molecule has 6 aromatic rings. The van der Waals surface area contributed by atoms with Crippen molar-refractivity contribution < 1.29 is 4.57 Å². The summed E-state index contributed by atoms with van der Waals surface area (Å²) in [4.78, 5) is 2.43. The fraction of sp³-hybridized carbons (Fsp3) is 0.162. The Morgan fingerprint density at radius 3 is 2.13 bits per heavy atom. The zero-order valence-corrected chi connectivity index (χ0v) is 26.3. The first-order chi connectivity index (χ1) is 22.1. The number of halogens is 1. The first kappa shape index (κ1) is 29.9. The van der Waals surface area contributed by atoms with Gasteiger partial charge in [-0.1, -0.05) is 64.5 Å². The molecule has 0 saturated heterocycles. The van der Waals surface area contributed by atoms with E-state index in [0.29, 0.717) is 30.8 Å². The average Bonchev–Trinajstić information content (AvgIpc) is 3.51. The fourth-order valence-corrected chi connectivity index (χ4v) is 5.77. The fourth-order valence-electron chi connectivity index (χ4n) is 5.50. The molecule has 0 unspecified atom stereocenters. The number of pyridine rings is 1. The van der Waals surface area contributed by atoms with Crippen molar-refractivity contribution in [3.8, 4) is 12.1 Å². The van der Waals surface area contributed by atoms with Crippen LogP contribution in [0.3, 0.4) is 0 Å². The smallest absolute Gasteiger partial charge is 0.212 e. The van der Waals surface area contributed by atoms with Crippen molar-refractivity contribution in [2.75, 3.05) is 6.54 Å². The Balaban J connectivity index is 1.28. The number of aromatic nitrogens is 4. The van der Waals surface area contributed by atoms with Crippen LogP contribution in [0.5, 0.6) is 0 Å². The zero-order chi connectivity index (χ0) is 31.0. The Morgan fingerprint density at radius 1 is 0.756 bits per heavy atom. The van der Waals surface area contributed by atoms with Gasteiger partial charge >= 0.3 is 0 Å². The molecular formula is C37H31BrN7+. The lowest BCUT2D eigenvalue weighted by Crippen LogP contribution is -2.36. The van der Waals surface area contributed by atoms with Crippen LogP contribution < -0.4 is 4.57 Å². The van der Waals surface area contributed by atoms with Gasteiger partial charge in [-0.25, -0.2) is 0 Å². The van der Waals surface area contributed by atoms with E-state index in [-0.39, 0.29) is 0 Å². The Labute approximate surface area is 271 Å². The monoisotopic (exact) mass is 652 g/mol. The van der Waals surface area contributed by atoms with E-state index < -0.39 is 0 Å². The van der Waals surface area contributed by atoms with Crippen LogP contribution in [0.2, 0.25) is 0 Å². The first-order valence-corrected chi connectivity index (χ1v) is 15.6. The molecule has 0 amide bonds. The lowest BCUT2D eigenvalue weighted by Gasteiger charge is -2.22. The van der Waals surface area contributed by atoms with Gasteiger partial charge in [-0.2, -0.15) is 15.1 Å². The summed E-state index contributed by atoms with van der Waals surface area (Å²) < 4.78 is 5.45. The summed E-state index contributed by atoms with van der Waals surface area (Å²) in [7, 11) is 0. The van der Waals surface area contributed by atoms with Crippen LogP contribution >= 0.6 is 15.9 Å². The van der Waals surface area contributed by atoms with Crippen molar-refractivity contribution in [3.05, 3.63) is 159 Å². The number of fused-ring (bicyclic) bond motifs is 1.